The molecule has 0 amide bonds. The van der Waals surface area contributed by atoms with E-state index in [1.54, 1.807) is 0 Å². The summed E-state index contributed by atoms with van der Waals surface area (Å²) in [5.74, 6) is 0.709. The van der Waals surface area contributed by atoms with E-state index >= 15 is 0 Å². The van der Waals surface area contributed by atoms with Crippen molar-refractivity contribution in [3.63, 3.8) is 0 Å². The van der Waals surface area contributed by atoms with Crippen molar-refractivity contribution in [1.82, 2.24) is 4.90 Å². The molecule has 3 rings (SSSR count). The van der Waals surface area contributed by atoms with Gasteiger partial charge in [0.15, 0.2) is 0 Å². The second kappa shape index (κ2) is 8.66. The third kappa shape index (κ3) is 4.60. The van der Waals surface area contributed by atoms with Crippen LogP contribution in [0.5, 0.6) is 0 Å². The van der Waals surface area contributed by atoms with Gasteiger partial charge in [-0.3, -0.25) is 4.90 Å². The number of halogens is 1. The first-order valence-corrected chi connectivity index (χ1v) is 9.28. The Kier molecular flexibility index (Phi) is 6.30. The van der Waals surface area contributed by atoms with Crippen LogP contribution in [0.4, 0.5) is 0 Å². The Bertz CT molecular complexity index is 613. The van der Waals surface area contributed by atoms with Gasteiger partial charge in [0.05, 0.1) is 12.6 Å². The zero-order valence-electron chi connectivity index (χ0n) is 14.1. The topological polar surface area (TPSA) is 23.5 Å². The third-order valence-corrected chi connectivity index (χ3v) is 5.35. The zero-order valence-corrected chi connectivity index (χ0v) is 14.8. The Morgan fingerprint density at radius 1 is 1.08 bits per heavy atom. The van der Waals surface area contributed by atoms with E-state index < -0.39 is 0 Å². The van der Waals surface area contributed by atoms with Crippen LogP contribution in [0, 0.1) is 5.92 Å². The average molecular weight is 344 g/mol. The van der Waals surface area contributed by atoms with Crippen LogP contribution >= 0.6 is 11.6 Å². The molecule has 1 aliphatic rings. The summed E-state index contributed by atoms with van der Waals surface area (Å²) in [6.45, 7) is 2.30. The number of benzene rings is 2. The molecule has 2 atom stereocenters. The van der Waals surface area contributed by atoms with Gasteiger partial charge in [0.1, 0.15) is 0 Å². The maximum absolute atomic E-state index is 9.92. The minimum Gasteiger partial charge on any atom is -0.394 e. The first-order valence-electron chi connectivity index (χ1n) is 8.90. The number of aliphatic hydroxyl groups is 1. The summed E-state index contributed by atoms with van der Waals surface area (Å²) in [5, 5.41) is 10.7. The van der Waals surface area contributed by atoms with Gasteiger partial charge in [-0.25, -0.2) is 0 Å². The van der Waals surface area contributed by atoms with Crippen LogP contribution < -0.4 is 0 Å². The summed E-state index contributed by atoms with van der Waals surface area (Å²) in [6.07, 6.45) is 4.87. The number of nitrogens with zero attached hydrogens (tertiary/aromatic N) is 1. The molecule has 2 unspecified atom stereocenters. The predicted molar refractivity (Wildman–Crippen MR) is 100 cm³/mol. The molecular weight excluding hydrogens is 318 g/mol. The van der Waals surface area contributed by atoms with Crippen LogP contribution in [0.2, 0.25) is 5.02 Å². The molecule has 2 nitrogen and oxygen atoms in total. The zero-order chi connectivity index (χ0) is 16.8. The highest BCUT2D eigenvalue weighted by molar-refractivity contribution is 6.30. The highest BCUT2D eigenvalue weighted by Gasteiger charge is 2.26. The van der Waals surface area contributed by atoms with Crippen LogP contribution in [0.3, 0.4) is 0 Å². The van der Waals surface area contributed by atoms with Crippen molar-refractivity contribution >= 4 is 11.6 Å². The smallest absolute Gasteiger partial charge is 0.0628 e. The largest absolute Gasteiger partial charge is 0.394 e. The molecule has 2 aromatic rings. The standard InChI is InChI=1S/C21H26ClNO/c22-20-12-10-19(11-13-20)21(16-24)23-14-4-7-18(15-23)9-8-17-5-2-1-3-6-17/h1-3,5-6,10-13,18,21,24H,4,7-9,14-16H2. The summed E-state index contributed by atoms with van der Waals surface area (Å²) in [5.41, 5.74) is 2.58. The van der Waals surface area contributed by atoms with Gasteiger partial charge in [0.25, 0.3) is 0 Å². The summed E-state index contributed by atoms with van der Waals surface area (Å²) >= 11 is 5.99. The normalized spacial score (nSPS) is 20.0. The molecule has 24 heavy (non-hydrogen) atoms. The van der Waals surface area contributed by atoms with Crippen LogP contribution in [0.25, 0.3) is 0 Å². The summed E-state index contributed by atoms with van der Waals surface area (Å²) in [6, 6.07) is 18.7. The molecule has 3 heteroatoms. The Balaban J connectivity index is 1.60. The van der Waals surface area contributed by atoms with Crippen LogP contribution in [0.15, 0.2) is 54.6 Å². The highest BCUT2D eigenvalue weighted by atomic mass is 35.5. The summed E-state index contributed by atoms with van der Waals surface area (Å²) < 4.78 is 0. The molecule has 0 bridgehead atoms. The van der Waals surface area contributed by atoms with Gasteiger partial charge < -0.3 is 5.11 Å². The number of piperidine rings is 1. The molecule has 0 aromatic heterocycles. The van der Waals surface area contributed by atoms with Crippen molar-refractivity contribution in [2.45, 2.75) is 31.7 Å². The second-order valence-corrected chi connectivity index (χ2v) is 7.21. The molecule has 1 fully saturated rings. The predicted octanol–water partition coefficient (Wildman–Crippen LogP) is 4.72. The molecule has 1 saturated heterocycles. The minimum absolute atomic E-state index is 0.0850. The van der Waals surface area contributed by atoms with E-state index in [-0.39, 0.29) is 12.6 Å². The molecule has 0 radical (unpaired) electrons. The van der Waals surface area contributed by atoms with Gasteiger partial charge in [-0.15, -0.1) is 0 Å². The lowest BCUT2D eigenvalue weighted by Gasteiger charge is -2.38. The minimum atomic E-state index is 0.0850. The second-order valence-electron chi connectivity index (χ2n) is 6.78. The van der Waals surface area contributed by atoms with Gasteiger partial charge in [-0.2, -0.15) is 0 Å². The third-order valence-electron chi connectivity index (χ3n) is 5.10. The van der Waals surface area contributed by atoms with Gasteiger partial charge in [0, 0.05) is 11.6 Å². The van der Waals surface area contributed by atoms with Gasteiger partial charge >= 0.3 is 0 Å². The monoisotopic (exact) mass is 343 g/mol. The summed E-state index contributed by atoms with van der Waals surface area (Å²) in [7, 11) is 0. The maximum Gasteiger partial charge on any atom is 0.0628 e. The SMILES string of the molecule is OCC(c1ccc(Cl)cc1)N1CCCC(CCc2ccccc2)C1. The Hall–Kier alpha value is -1.35. The van der Waals surface area contributed by atoms with E-state index in [0.717, 1.165) is 30.1 Å². The van der Waals surface area contributed by atoms with Gasteiger partial charge in [-0.05, 0) is 61.4 Å². The molecule has 1 aliphatic heterocycles. The maximum atomic E-state index is 9.92. The molecule has 1 N–H and O–H groups in total. The Morgan fingerprint density at radius 2 is 1.83 bits per heavy atom. The van der Waals surface area contributed by atoms with E-state index in [1.807, 2.05) is 24.3 Å². The number of aryl methyl sites for hydroxylation is 1. The fourth-order valence-corrected chi connectivity index (χ4v) is 3.87. The number of likely N-dealkylation sites (tertiary alicyclic amines) is 1. The Morgan fingerprint density at radius 3 is 2.54 bits per heavy atom. The molecule has 0 saturated carbocycles. The van der Waals surface area contributed by atoms with Crippen molar-refractivity contribution < 1.29 is 5.11 Å². The molecule has 0 spiro atoms. The van der Waals surface area contributed by atoms with Gasteiger partial charge in [-0.1, -0.05) is 54.1 Å². The first kappa shape index (κ1) is 17.5. The van der Waals surface area contributed by atoms with E-state index in [4.69, 9.17) is 11.6 Å². The van der Waals surface area contributed by atoms with Crippen molar-refractivity contribution in [2.24, 2.45) is 5.92 Å². The van der Waals surface area contributed by atoms with Gasteiger partial charge in [0.2, 0.25) is 0 Å². The first-order chi connectivity index (χ1) is 11.8. The molecule has 128 valence electrons. The quantitative estimate of drug-likeness (QED) is 0.820. The lowest BCUT2D eigenvalue weighted by Crippen LogP contribution is -2.39. The van der Waals surface area contributed by atoms with E-state index in [1.165, 1.54) is 24.8 Å². The van der Waals surface area contributed by atoms with Crippen molar-refractivity contribution in [3.05, 3.63) is 70.7 Å². The number of aliphatic hydroxyl groups excluding tert-OH is 1. The molecule has 1 heterocycles. The van der Waals surface area contributed by atoms with E-state index in [0.29, 0.717) is 5.92 Å². The van der Waals surface area contributed by atoms with Crippen LogP contribution in [-0.2, 0) is 6.42 Å². The lowest BCUT2D eigenvalue weighted by atomic mass is 9.90. The van der Waals surface area contributed by atoms with Crippen molar-refractivity contribution in [3.8, 4) is 0 Å². The van der Waals surface area contributed by atoms with Crippen molar-refractivity contribution in [2.75, 3.05) is 19.7 Å². The lowest BCUT2D eigenvalue weighted by molar-refractivity contribution is 0.0773. The fraction of sp³-hybridized carbons (Fsp3) is 0.429. The number of hydrogen-bond donors (Lipinski definition) is 1. The van der Waals surface area contributed by atoms with E-state index in [2.05, 4.69) is 35.2 Å². The number of rotatable bonds is 6. The fourth-order valence-electron chi connectivity index (χ4n) is 3.75. The number of hydrogen-bond acceptors (Lipinski definition) is 2. The molecule has 0 aliphatic carbocycles. The van der Waals surface area contributed by atoms with E-state index in [9.17, 15) is 5.11 Å². The van der Waals surface area contributed by atoms with Crippen LogP contribution in [0.1, 0.15) is 36.4 Å². The van der Waals surface area contributed by atoms with Crippen LogP contribution in [-0.4, -0.2) is 29.7 Å². The summed E-state index contributed by atoms with van der Waals surface area (Å²) in [4.78, 5) is 2.45. The molecular formula is C21H26ClNO. The average Bonchev–Trinajstić information content (AvgIpc) is 2.63. The molecule has 2 aromatic carbocycles. The Labute approximate surface area is 150 Å². The van der Waals surface area contributed by atoms with Crippen molar-refractivity contribution in [1.29, 1.82) is 0 Å². The highest BCUT2D eigenvalue weighted by Crippen LogP contribution is 2.29.